The Hall–Kier alpha value is -1.46. The summed E-state index contributed by atoms with van der Waals surface area (Å²) in [6.07, 6.45) is 0. The highest BCUT2D eigenvalue weighted by Crippen LogP contribution is 2.19. The van der Waals surface area contributed by atoms with Gasteiger partial charge in [-0.3, -0.25) is 0 Å². The normalized spacial score (nSPS) is 24.4. The zero-order chi connectivity index (χ0) is 12.6. The lowest BCUT2D eigenvalue weighted by atomic mass is 10.2. The van der Waals surface area contributed by atoms with Gasteiger partial charge in [0.05, 0.1) is 6.04 Å². The maximum atomic E-state index is 11.9. The van der Waals surface area contributed by atoms with Gasteiger partial charge in [0.15, 0.2) is 0 Å². The van der Waals surface area contributed by atoms with Crippen LogP contribution in [0.25, 0.3) is 0 Å². The third-order valence-corrected chi connectivity index (χ3v) is 3.24. The summed E-state index contributed by atoms with van der Waals surface area (Å²) >= 11 is 0. The standard InChI is InChI=1S/C11H20N4O2/c1-8(2)12-10(16)14-4-5-15-9(7-14)6-13(3)11(15)17/h8-9H,4-7H2,1-3H3,(H,12,16). The molecule has 4 amide bonds. The van der Waals surface area contributed by atoms with E-state index in [1.54, 1.807) is 16.8 Å². The van der Waals surface area contributed by atoms with E-state index in [-0.39, 0.29) is 24.1 Å². The number of rotatable bonds is 1. The Balaban J connectivity index is 1.95. The summed E-state index contributed by atoms with van der Waals surface area (Å²) in [5, 5.41) is 2.88. The van der Waals surface area contributed by atoms with E-state index in [0.717, 1.165) is 0 Å². The van der Waals surface area contributed by atoms with Crippen molar-refractivity contribution in [3.05, 3.63) is 0 Å². The first-order valence-corrected chi connectivity index (χ1v) is 6.06. The SMILES string of the molecule is CC(C)NC(=O)N1CCN2C(=O)N(C)CC2C1. The molecule has 6 nitrogen and oxygen atoms in total. The average molecular weight is 240 g/mol. The van der Waals surface area contributed by atoms with Crippen molar-refractivity contribution in [2.75, 3.05) is 33.2 Å². The third-order valence-electron chi connectivity index (χ3n) is 3.24. The fourth-order valence-electron chi connectivity index (χ4n) is 2.40. The fraction of sp³-hybridized carbons (Fsp3) is 0.818. The predicted octanol–water partition coefficient (Wildman–Crippen LogP) is 0.156. The second-order valence-corrected chi connectivity index (χ2v) is 5.06. The average Bonchev–Trinajstić information content (AvgIpc) is 2.53. The number of fused-ring (bicyclic) bond motifs is 1. The molecule has 2 aliphatic rings. The van der Waals surface area contributed by atoms with Crippen LogP contribution >= 0.6 is 0 Å². The molecule has 2 heterocycles. The largest absolute Gasteiger partial charge is 0.336 e. The van der Waals surface area contributed by atoms with Gasteiger partial charge >= 0.3 is 12.1 Å². The van der Waals surface area contributed by atoms with E-state index < -0.39 is 0 Å². The first-order valence-electron chi connectivity index (χ1n) is 6.06. The van der Waals surface area contributed by atoms with Gasteiger partial charge in [0.1, 0.15) is 0 Å². The molecule has 0 bridgehead atoms. The number of nitrogens with zero attached hydrogens (tertiary/aromatic N) is 3. The molecule has 2 aliphatic heterocycles. The molecule has 1 N–H and O–H groups in total. The number of hydrogen-bond donors (Lipinski definition) is 1. The quantitative estimate of drug-likeness (QED) is 0.709. The highest BCUT2D eigenvalue weighted by atomic mass is 16.2. The lowest BCUT2D eigenvalue weighted by Crippen LogP contribution is -2.56. The van der Waals surface area contributed by atoms with Crippen LogP contribution in [0.15, 0.2) is 0 Å². The zero-order valence-corrected chi connectivity index (χ0v) is 10.6. The number of hydrogen-bond acceptors (Lipinski definition) is 2. The lowest BCUT2D eigenvalue weighted by molar-refractivity contribution is 0.128. The number of carbonyl (C=O) groups is 2. The molecular weight excluding hydrogens is 220 g/mol. The van der Waals surface area contributed by atoms with Crippen molar-refractivity contribution in [1.29, 1.82) is 0 Å². The Bertz CT molecular complexity index is 331. The van der Waals surface area contributed by atoms with Crippen molar-refractivity contribution in [2.24, 2.45) is 0 Å². The molecule has 0 aromatic rings. The van der Waals surface area contributed by atoms with Gasteiger partial charge in [0.2, 0.25) is 0 Å². The van der Waals surface area contributed by atoms with Crippen LogP contribution < -0.4 is 5.32 Å². The van der Waals surface area contributed by atoms with Crippen LogP contribution in [0.2, 0.25) is 0 Å². The van der Waals surface area contributed by atoms with E-state index in [0.29, 0.717) is 26.2 Å². The van der Waals surface area contributed by atoms with Crippen molar-refractivity contribution >= 4 is 12.1 Å². The van der Waals surface area contributed by atoms with Crippen LogP contribution in [0.3, 0.4) is 0 Å². The van der Waals surface area contributed by atoms with Crippen molar-refractivity contribution < 1.29 is 9.59 Å². The summed E-state index contributed by atoms with van der Waals surface area (Å²) < 4.78 is 0. The van der Waals surface area contributed by atoms with Crippen LogP contribution in [-0.4, -0.2) is 72.1 Å². The van der Waals surface area contributed by atoms with Crippen molar-refractivity contribution in [1.82, 2.24) is 20.0 Å². The molecule has 0 radical (unpaired) electrons. The van der Waals surface area contributed by atoms with E-state index in [2.05, 4.69) is 5.32 Å². The van der Waals surface area contributed by atoms with Crippen molar-refractivity contribution in [3.63, 3.8) is 0 Å². The Labute approximate surface area is 102 Å². The van der Waals surface area contributed by atoms with Crippen LogP contribution in [-0.2, 0) is 0 Å². The van der Waals surface area contributed by atoms with Gasteiger partial charge in [-0.15, -0.1) is 0 Å². The highest BCUT2D eigenvalue weighted by molar-refractivity contribution is 5.78. The van der Waals surface area contributed by atoms with E-state index >= 15 is 0 Å². The predicted molar refractivity (Wildman–Crippen MR) is 63.8 cm³/mol. The number of piperazine rings is 1. The number of carbonyl (C=O) groups excluding carboxylic acids is 2. The Kier molecular flexibility index (Phi) is 3.13. The van der Waals surface area contributed by atoms with Crippen LogP contribution in [0.4, 0.5) is 9.59 Å². The smallest absolute Gasteiger partial charge is 0.320 e. The molecule has 0 aromatic heterocycles. The minimum atomic E-state index is -0.0262. The first kappa shape index (κ1) is 12.0. The number of likely N-dealkylation sites (N-methyl/N-ethyl adjacent to an activating group) is 1. The summed E-state index contributed by atoms with van der Waals surface area (Å²) in [6.45, 7) is 6.50. The van der Waals surface area contributed by atoms with Gasteiger partial charge in [-0.25, -0.2) is 9.59 Å². The van der Waals surface area contributed by atoms with Gasteiger partial charge in [0, 0.05) is 39.3 Å². The van der Waals surface area contributed by atoms with Crippen molar-refractivity contribution in [2.45, 2.75) is 25.9 Å². The van der Waals surface area contributed by atoms with Crippen molar-refractivity contribution in [3.8, 4) is 0 Å². The molecule has 2 rings (SSSR count). The fourth-order valence-corrected chi connectivity index (χ4v) is 2.40. The molecule has 0 spiro atoms. The first-order chi connectivity index (χ1) is 7.99. The Morgan fingerprint density at radius 3 is 2.71 bits per heavy atom. The Morgan fingerprint density at radius 2 is 2.06 bits per heavy atom. The summed E-state index contributed by atoms with van der Waals surface area (Å²) in [4.78, 5) is 29.0. The molecular formula is C11H20N4O2. The van der Waals surface area contributed by atoms with Gasteiger partial charge in [0.25, 0.3) is 0 Å². The second kappa shape index (κ2) is 4.43. The third kappa shape index (κ3) is 2.30. The number of nitrogens with one attached hydrogen (secondary N) is 1. The molecule has 96 valence electrons. The maximum Gasteiger partial charge on any atom is 0.320 e. The minimum Gasteiger partial charge on any atom is -0.336 e. The molecule has 0 saturated carbocycles. The highest BCUT2D eigenvalue weighted by Gasteiger charge is 2.39. The second-order valence-electron chi connectivity index (χ2n) is 5.06. The van der Waals surface area contributed by atoms with Crippen LogP contribution in [0.5, 0.6) is 0 Å². The van der Waals surface area contributed by atoms with Gasteiger partial charge in [-0.05, 0) is 13.8 Å². The van der Waals surface area contributed by atoms with Gasteiger partial charge < -0.3 is 20.0 Å². The number of urea groups is 2. The molecule has 2 fully saturated rings. The van der Waals surface area contributed by atoms with Gasteiger partial charge in [-0.1, -0.05) is 0 Å². The molecule has 6 heteroatoms. The zero-order valence-electron chi connectivity index (χ0n) is 10.6. The lowest BCUT2D eigenvalue weighted by Gasteiger charge is -2.36. The molecule has 1 atom stereocenters. The van der Waals surface area contributed by atoms with Crippen LogP contribution in [0.1, 0.15) is 13.8 Å². The van der Waals surface area contributed by atoms with E-state index in [1.165, 1.54) is 0 Å². The molecule has 0 aliphatic carbocycles. The summed E-state index contributed by atoms with van der Waals surface area (Å²) in [6, 6.07) is 0.355. The number of amides is 4. The monoisotopic (exact) mass is 240 g/mol. The molecule has 2 saturated heterocycles. The maximum absolute atomic E-state index is 11.9. The summed E-state index contributed by atoms with van der Waals surface area (Å²) in [5.74, 6) is 0. The van der Waals surface area contributed by atoms with E-state index in [1.807, 2.05) is 18.7 Å². The molecule has 0 aromatic carbocycles. The minimum absolute atomic E-state index is 0.0262. The topological polar surface area (TPSA) is 55.9 Å². The van der Waals surface area contributed by atoms with E-state index in [9.17, 15) is 9.59 Å². The molecule has 1 unspecified atom stereocenters. The Morgan fingerprint density at radius 1 is 1.35 bits per heavy atom. The molecule has 17 heavy (non-hydrogen) atoms. The summed E-state index contributed by atoms with van der Waals surface area (Å²) in [7, 11) is 1.80. The summed E-state index contributed by atoms with van der Waals surface area (Å²) in [5.41, 5.74) is 0. The van der Waals surface area contributed by atoms with E-state index in [4.69, 9.17) is 0 Å². The van der Waals surface area contributed by atoms with Crippen LogP contribution in [0, 0.1) is 0 Å². The van der Waals surface area contributed by atoms with Gasteiger partial charge in [-0.2, -0.15) is 0 Å².